The van der Waals surface area contributed by atoms with E-state index in [-0.39, 0.29) is 65.4 Å². The van der Waals surface area contributed by atoms with Crippen LogP contribution >= 0.6 is 0 Å². The molecule has 12 nitrogen and oxygen atoms in total. The van der Waals surface area contributed by atoms with Gasteiger partial charge in [-0.25, -0.2) is 0 Å². The third-order valence-corrected chi connectivity index (χ3v) is 5.34. The lowest BCUT2D eigenvalue weighted by molar-refractivity contribution is -0.144. The third-order valence-electron chi connectivity index (χ3n) is 5.34. The predicted octanol–water partition coefficient (Wildman–Crippen LogP) is -1.68. The SMILES string of the molecule is CC(C(=O)O)N1CCN(CC(=O)O)CCN(C(C)C(=O)O)CCN(CC(=O)O)CC1. The maximum absolute atomic E-state index is 11.5. The van der Waals surface area contributed by atoms with Crippen molar-refractivity contribution >= 4 is 23.9 Å². The van der Waals surface area contributed by atoms with Crippen LogP contribution in [0.1, 0.15) is 13.8 Å². The van der Waals surface area contributed by atoms with Crippen LogP contribution in [0, 0.1) is 0 Å². The zero-order valence-corrected chi connectivity index (χ0v) is 17.4. The molecule has 0 bridgehead atoms. The van der Waals surface area contributed by atoms with Crippen molar-refractivity contribution in [1.29, 1.82) is 0 Å². The fourth-order valence-electron chi connectivity index (χ4n) is 3.31. The second kappa shape index (κ2) is 12.4. The minimum absolute atomic E-state index is 0.240. The molecule has 1 aliphatic heterocycles. The van der Waals surface area contributed by atoms with Gasteiger partial charge in [-0.1, -0.05) is 0 Å². The first-order chi connectivity index (χ1) is 14.0. The molecule has 172 valence electrons. The minimum atomic E-state index is -1.02. The van der Waals surface area contributed by atoms with Crippen LogP contribution in [0.5, 0.6) is 0 Å². The summed E-state index contributed by atoms with van der Waals surface area (Å²) in [4.78, 5) is 52.0. The van der Waals surface area contributed by atoms with Crippen LogP contribution < -0.4 is 0 Å². The van der Waals surface area contributed by atoms with Gasteiger partial charge in [0.25, 0.3) is 0 Å². The molecule has 2 atom stereocenters. The zero-order valence-electron chi connectivity index (χ0n) is 17.4. The number of nitrogens with zero attached hydrogens (tertiary/aromatic N) is 4. The van der Waals surface area contributed by atoms with E-state index in [0.29, 0.717) is 0 Å². The first-order valence-corrected chi connectivity index (χ1v) is 9.83. The monoisotopic (exact) mass is 432 g/mol. The summed E-state index contributed by atoms with van der Waals surface area (Å²) >= 11 is 0. The molecule has 0 spiro atoms. The highest BCUT2D eigenvalue weighted by molar-refractivity contribution is 5.73. The van der Waals surface area contributed by atoms with Gasteiger partial charge < -0.3 is 20.4 Å². The van der Waals surface area contributed by atoms with Gasteiger partial charge in [-0.2, -0.15) is 0 Å². The first kappa shape index (κ1) is 25.8. The number of aliphatic carboxylic acids is 4. The van der Waals surface area contributed by atoms with Gasteiger partial charge in [0, 0.05) is 52.4 Å². The van der Waals surface area contributed by atoms with Gasteiger partial charge in [-0.15, -0.1) is 0 Å². The van der Waals surface area contributed by atoms with Gasteiger partial charge in [-0.05, 0) is 13.8 Å². The lowest BCUT2D eigenvalue weighted by Crippen LogP contribution is -2.52. The molecule has 1 rings (SSSR count). The van der Waals surface area contributed by atoms with Gasteiger partial charge in [0.2, 0.25) is 0 Å². The van der Waals surface area contributed by atoms with Crippen LogP contribution in [0.15, 0.2) is 0 Å². The van der Waals surface area contributed by atoms with Crippen LogP contribution in [0.4, 0.5) is 0 Å². The van der Waals surface area contributed by atoms with E-state index in [4.69, 9.17) is 0 Å². The molecule has 1 heterocycles. The summed E-state index contributed by atoms with van der Waals surface area (Å²) in [5.41, 5.74) is 0. The van der Waals surface area contributed by atoms with E-state index in [2.05, 4.69) is 0 Å². The third kappa shape index (κ3) is 9.03. The largest absolute Gasteiger partial charge is 0.480 e. The summed E-state index contributed by atoms with van der Waals surface area (Å²) in [7, 11) is 0. The Kier molecular flexibility index (Phi) is 10.7. The maximum Gasteiger partial charge on any atom is 0.320 e. The molecule has 0 aromatic heterocycles. The fraction of sp³-hybridized carbons (Fsp3) is 0.778. The van der Waals surface area contributed by atoms with Crippen LogP contribution in [-0.2, 0) is 19.2 Å². The molecule has 0 saturated carbocycles. The smallest absolute Gasteiger partial charge is 0.320 e. The summed E-state index contributed by atoms with van der Waals surface area (Å²) in [6, 6.07) is -1.62. The molecular weight excluding hydrogens is 400 g/mol. The Balaban J connectivity index is 3.06. The standard InChI is InChI=1S/C18H32N4O8/c1-13(17(27)28)21-7-3-19(11-15(23)24)5-9-22(14(2)18(29)30)10-6-20(4-8-21)12-16(25)26/h13-14H,3-12H2,1-2H3,(H,23,24)(H,25,26)(H,27,28)(H,29,30). The highest BCUT2D eigenvalue weighted by atomic mass is 16.4. The Morgan fingerprint density at radius 1 is 0.600 bits per heavy atom. The van der Waals surface area contributed by atoms with Crippen molar-refractivity contribution in [3.63, 3.8) is 0 Å². The summed E-state index contributed by atoms with van der Waals surface area (Å²) in [6.45, 7) is 4.90. The molecule has 30 heavy (non-hydrogen) atoms. The van der Waals surface area contributed by atoms with Crippen molar-refractivity contribution in [3.05, 3.63) is 0 Å². The summed E-state index contributed by atoms with van der Waals surface area (Å²) < 4.78 is 0. The van der Waals surface area contributed by atoms with Crippen LogP contribution in [0.3, 0.4) is 0 Å². The van der Waals surface area contributed by atoms with E-state index in [1.807, 2.05) is 0 Å². The number of hydrogen-bond donors (Lipinski definition) is 4. The highest BCUT2D eigenvalue weighted by Crippen LogP contribution is 2.07. The normalized spacial score (nSPS) is 21.1. The molecule has 0 aliphatic carbocycles. The molecule has 0 aromatic carbocycles. The van der Waals surface area contributed by atoms with Gasteiger partial charge >= 0.3 is 23.9 Å². The molecule has 12 heteroatoms. The second-order valence-corrected chi connectivity index (χ2v) is 7.44. The molecule has 1 fully saturated rings. The molecule has 0 amide bonds. The molecule has 1 aliphatic rings. The number of rotatable bonds is 8. The van der Waals surface area contributed by atoms with Crippen LogP contribution in [0.2, 0.25) is 0 Å². The Hall–Kier alpha value is -2.28. The highest BCUT2D eigenvalue weighted by Gasteiger charge is 2.26. The summed E-state index contributed by atoms with van der Waals surface area (Å²) in [6.07, 6.45) is 0. The van der Waals surface area contributed by atoms with E-state index >= 15 is 0 Å². The Bertz CT molecular complexity index is 549. The van der Waals surface area contributed by atoms with E-state index < -0.39 is 36.0 Å². The topological polar surface area (TPSA) is 162 Å². The maximum atomic E-state index is 11.5. The molecule has 0 radical (unpaired) electrons. The molecule has 2 unspecified atom stereocenters. The number of carboxylic acids is 4. The van der Waals surface area contributed by atoms with Crippen molar-refractivity contribution in [2.45, 2.75) is 25.9 Å². The number of hydrogen-bond acceptors (Lipinski definition) is 8. The predicted molar refractivity (Wildman–Crippen MR) is 105 cm³/mol. The molecule has 4 N–H and O–H groups in total. The minimum Gasteiger partial charge on any atom is -0.480 e. The fourth-order valence-corrected chi connectivity index (χ4v) is 3.31. The van der Waals surface area contributed by atoms with E-state index in [1.165, 1.54) is 13.8 Å². The van der Waals surface area contributed by atoms with Gasteiger partial charge in [0.1, 0.15) is 12.1 Å². The van der Waals surface area contributed by atoms with Crippen molar-refractivity contribution < 1.29 is 39.6 Å². The summed E-state index contributed by atoms with van der Waals surface area (Å²) in [5, 5.41) is 37.1. The van der Waals surface area contributed by atoms with E-state index in [1.54, 1.807) is 19.6 Å². The lowest BCUT2D eigenvalue weighted by atomic mass is 10.2. The molecular formula is C18H32N4O8. The van der Waals surface area contributed by atoms with Crippen LogP contribution in [0.25, 0.3) is 0 Å². The first-order valence-electron chi connectivity index (χ1n) is 9.83. The Labute approximate surface area is 175 Å². The van der Waals surface area contributed by atoms with Crippen LogP contribution in [-0.4, -0.2) is 141 Å². The van der Waals surface area contributed by atoms with Gasteiger partial charge in [0.15, 0.2) is 0 Å². The molecule has 0 aromatic rings. The van der Waals surface area contributed by atoms with Gasteiger partial charge in [-0.3, -0.25) is 38.8 Å². The Morgan fingerprint density at radius 3 is 1.07 bits per heavy atom. The number of carbonyl (C=O) groups is 4. The average Bonchev–Trinajstić information content (AvgIpc) is 2.64. The zero-order chi connectivity index (χ0) is 22.8. The summed E-state index contributed by atoms with van der Waals surface area (Å²) in [5.74, 6) is -4.08. The van der Waals surface area contributed by atoms with Gasteiger partial charge in [0.05, 0.1) is 13.1 Å². The average molecular weight is 432 g/mol. The molecule has 1 saturated heterocycles. The lowest BCUT2D eigenvalue weighted by Gasteiger charge is -2.35. The quantitative estimate of drug-likeness (QED) is 0.345. The second-order valence-electron chi connectivity index (χ2n) is 7.44. The van der Waals surface area contributed by atoms with Crippen molar-refractivity contribution in [1.82, 2.24) is 19.6 Å². The number of carboxylic acid groups (broad SMARTS) is 4. The van der Waals surface area contributed by atoms with E-state index in [0.717, 1.165) is 0 Å². The van der Waals surface area contributed by atoms with Crippen molar-refractivity contribution in [3.8, 4) is 0 Å². The van der Waals surface area contributed by atoms with Crippen molar-refractivity contribution in [2.75, 3.05) is 65.4 Å². The Morgan fingerprint density at radius 2 is 0.867 bits per heavy atom. The van der Waals surface area contributed by atoms with Crippen molar-refractivity contribution in [2.24, 2.45) is 0 Å². The van der Waals surface area contributed by atoms with E-state index in [9.17, 15) is 39.6 Å².